The SMILES string of the molecule is O=C1CCC(n2nccc(C(=O)O)c2=O)C(=O)N1. The maximum absolute atomic E-state index is 11.8. The van der Waals surface area contributed by atoms with Gasteiger partial charge in [0.15, 0.2) is 0 Å². The highest BCUT2D eigenvalue weighted by Gasteiger charge is 2.30. The predicted molar refractivity (Wildman–Crippen MR) is 56.9 cm³/mol. The van der Waals surface area contributed by atoms with Gasteiger partial charge in [0.05, 0.1) is 0 Å². The average Bonchev–Trinajstić information content (AvgIpc) is 2.30. The molecule has 0 bridgehead atoms. The Bertz CT molecular complexity index is 591. The zero-order valence-electron chi connectivity index (χ0n) is 9.12. The van der Waals surface area contributed by atoms with Crippen LogP contribution < -0.4 is 10.9 Å². The summed E-state index contributed by atoms with van der Waals surface area (Å²) in [5.41, 5.74) is -1.32. The molecular formula is C10H9N3O5. The van der Waals surface area contributed by atoms with Gasteiger partial charge >= 0.3 is 5.97 Å². The average molecular weight is 251 g/mol. The van der Waals surface area contributed by atoms with E-state index in [1.165, 1.54) is 0 Å². The van der Waals surface area contributed by atoms with Crippen LogP contribution in [0.2, 0.25) is 0 Å². The van der Waals surface area contributed by atoms with E-state index in [0.29, 0.717) is 0 Å². The van der Waals surface area contributed by atoms with Crippen LogP contribution in [-0.2, 0) is 9.59 Å². The molecule has 2 heterocycles. The first kappa shape index (κ1) is 12.0. The van der Waals surface area contributed by atoms with Crippen LogP contribution in [0.25, 0.3) is 0 Å². The summed E-state index contributed by atoms with van der Waals surface area (Å²) in [7, 11) is 0. The van der Waals surface area contributed by atoms with Gasteiger partial charge in [0.25, 0.3) is 11.5 Å². The molecule has 2 N–H and O–H groups in total. The van der Waals surface area contributed by atoms with Gasteiger partial charge in [-0.15, -0.1) is 0 Å². The lowest BCUT2D eigenvalue weighted by molar-refractivity contribution is -0.136. The summed E-state index contributed by atoms with van der Waals surface area (Å²) >= 11 is 0. The molecule has 1 fully saturated rings. The van der Waals surface area contributed by atoms with Crippen LogP contribution in [0.3, 0.4) is 0 Å². The first-order valence-electron chi connectivity index (χ1n) is 5.15. The van der Waals surface area contributed by atoms with Crippen molar-refractivity contribution in [1.29, 1.82) is 0 Å². The van der Waals surface area contributed by atoms with E-state index >= 15 is 0 Å². The number of nitrogens with zero attached hydrogens (tertiary/aromatic N) is 2. The molecule has 18 heavy (non-hydrogen) atoms. The molecule has 1 aliphatic heterocycles. The number of aromatic carboxylic acids is 1. The molecule has 2 amide bonds. The van der Waals surface area contributed by atoms with Crippen LogP contribution in [0.5, 0.6) is 0 Å². The zero-order valence-corrected chi connectivity index (χ0v) is 9.12. The summed E-state index contributed by atoms with van der Waals surface area (Å²) in [6.07, 6.45) is 1.34. The molecule has 0 radical (unpaired) electrons. The number of hydrogen-bond donors (Lipinski definition) is 2. The molecule has 0 aromatic carbocycles. The third-order valence-electron chi connectivity index (χ3n) is 2.61. The molecule has 1 atom stereocenters. The molecule has 1 aromatic rings. The molecule has 0 aliphatic carbocycles. The van der Waals surface area contributed by atoms with E-state index in [0.717, 1.165) is 16.9 Å². The monoisotopic (exact) mass is 251 g/mol. The summed E-state index contributed by atoms with van der Waals surface area (Å²) in [5, 5.41) is 14.6. The van der Waals surface area contributed by atoms with Gasteiger partial charge in [0.1, 0.15) is 11.6 Å². The number of carbonyl (C=O) groups excluding carboxylic acids is 2. The maximum atomic E-state index is 11.8. The van der Waals surface area contributed by atoms with E-state index in [1.54, 1.807) is 0 Å². The van der Waals surface area contributed by atoms with Crippen molar-refractivity contribution in [2.75, 3.05) is 0 Å². The lowest BCUT2D eigenvalue weighted by Crippen LogP contribution is -2.45. The lowest BCUT2D eigenvalue weighted by Gasteiger charge is -2.21. The first-order chi connectivity index (χ1) is 8.50. The molecule has 8 nitrogen and oxygen atoms in total. The summed E-state index contributed by atoms with van der Waals surface area (Å²) < 4.78 is 0.797. The number of imide groups is 1. The van der Waals surface area contributed by atoms with Crippen LogP contribution in [0.4, 0.5) is 0 Å². The van der Waals surface area contributed by atoms with Gasteiger partial charge in [-0.05, 0) is 12.5 Å². The Balaban J connectivity index is 2.43. The topological polar surface area (TPSA) is 118 Å². The van der Waals surface area contributed by atoms with E-state index in [2.05, 4.69) is 10.4 Å². The smallest absolute Gasteiger partial charge is 0.341 e. The van der Waals surface area contributed by atoms with Crippen LogP contribution in [0.15, 0.2) is 17.1 Å². The number of amides is 2. The van der Waals surface area contributed by atoms with Crippen molar-refractivity contribution in [2.45, 2.75) is 18.9 Å². The molecule has 94 valence electrons. The third kappa shape index (κ3) is 1.99. The summed E-state index contributed by atoms with van der Waals surface area (Å²) in [6.45, 7) is 0. The number of carboxylic acids is 1. The number of piperidine rings is 1. The van der Waals surface area contributed by atoms with E-state index in [4.69, 9.17) is 5.11 Å². The fourth-order valence-electron chi connectivity index (χ4n) is 1.73. The lowest BCUT2D eigenvalue weighted by atomic mass is 10.1. The quantitative estimate of drug-likeness (QED) is 0.645. The minimum Gasteiger partial charge on any atom is -0.477 e. The van der Waals surface area contributed by atoms with Gasteiger partial charge in [-0.25, -0.2) is 9.48 Å². The Morgan fingerprint density at radius 3 is 2.78 bits per heavy atom. The highest BCUT2D eigenvalue weighted by molar-refractivity contribution is 5.99. The molecule has 1 aromatic heterocycles. The van der Waals surface area contributed by atoms with Gasteiger partial charge in [-0.1, -0.05) is 0 Å². The standard InChI is InChI=1S/C10H9N3O5/c14-7-2-1-6(8(15)12-7)13-9(16)5(10(17)18)3-4-11-13/h3-4,6H,1-2H2,(H,17,18)(H,12,14,15). The van der Waals surface area contributed by atoms with Crippen molar-refractivity contribution in [3.8, 4) is 0 Å². The number of rotatable bonds is 2. The molecular weight excluding hydrogens is 242 g/mol. The van der Waals surface area contributed by atoms with Crippen molar-refractivity contribution in [3.63, 3.8) is 0 Å². The second kappa shape index (κ2) is 4.40. The zero-order chi connectivity index (χ0) is 13.3. The molecule has 2 rings (SSSR count). The van der Waals surface area contributed by atoms with Gasteiger partial charge in [0, 0.05) is 12.6 Å². The Morgan fingerprint density at radius 1 is 1.44 bits per heavy atom. The van der Waals surface area contributed by atoms with E-state index in [-0.39, 0.29) is 12.8 Å². The van der Waals surface area contributed by atoms with E-state index < -0.39 is 34.9 Å². The number of nitrogens with one attached hydrogen (secondary N) is 1. The molecule has 0 spiro atoms. The molecule has 1 aliphatic rings. The number of aromatic nitrogens is 2. The number of carbonyl (C=O) groups is 3. The Morgan fingerprint density at radius 2 is 2.17 bits per heavy atom. The summed E-state index contributed by atoms with van der Waals surface area (Å²) in [4.78, 5) is 45.1. The van der Waals surface area contributed by atoms with Gasteiger partial charge in [-0.3, -0.25) is 19.7 Å². The van der Waals surface area contributed by atoms with Gasteiger partial charge in [0.2, 0.25) is 5.91 Å². The highest BCUT2D eigenvalue weighted by atomic mass is 16.4. The largest absolute Gasteiger partial charge is 0.477 e. The highest BCUT2D eigenvalue weighted by Crippen LogP contribution is 2.15. The van der Waals surface area contributed by atoms with Crippen molar-refractivity contribution < 1.29 is 19.5 Å². The number of hydrogen-bond acceptors (Lipinski definition) is 5. The Kier molecular flexibility index (Phi) is 2.92. The molecule has 8 heteroatoms. The summed E-state index contributed by atoms with van der Waals surface area (Å²) in [6, 6.07) is 0.113. The fraction of sp³-hybridized carbons (Fsp3) is 0.300. The van der Waals surface area contributed by atoms with Gasteiger partial charge < -0.3 is 5.11 Å². The van der Waals surface area contributed by atoms with E-state index in [1.807, 2.05) is 0 Å². The fourth-order valence-corrected chi connectivity index (χ4v) is 1.73. The second-order valence-corrected chi connectivity index (χ2v) is 3.77. The second-order valence-electron chi connectivity index (χ2n) is 3.77. The molecule has 0 saturated carbocycles. The minimum absolute atomic E-state index is 0.0851. The van der Waals surface area contributed by atoms with Gasteiger partial charge in [-0.2, -0.15) is 5.10 Å². The Hall–Kier alpha value is -2.51. The van der Waals surface area contributed by atoms with Crippen molar-refractivity contribution in [2.24, 2.45) is 0 Å². The van der Waals surface area contributed by atoms with Crippen molar-refractivity contribution in [3.05, 3.63) is 28.2 Å². The van der Waals surface area contributed by atoms with Crippen LogP contribution in [0, 0.1) is 0 Å². The first-order valence-corrected chi connectivity index (χ1v) is 5.15. The molecule has 1 saturated heterocycles. The van der Waals surface area contributed by atoms with E-state index in [9.17, 15) is 19.2 Å². The van der Waals surface area contributed by atoms with Crippen LogP contribution in [-0.4, -0.2) is 32.7 Å². The normalized spacial score (nSPS) is 19.4. The Labute approximate surface area is 100 Å². The van der Waals surface area contributed by atoms with Crippen LogP contribution in [0.1, 0.15) is 29.2 Å². The maximum Gasteiger partial charge on any atom is 0.341 e. The van der Waals surface area contributed by atoms with Crippen molar-refractivity contribution >= 4 is 17.8 Å². The summed E-state index contributed by atoms with van der Waals surface area (Å²) in [5.74, 6) is -2.45. The van der Waals surface area contributed by atoms with Crippen molar-refractivity contribution in [1.82, 2.24) is 15.1 Å². The minimum atomic E-state index is -1.39. The number of carboxylic acid groups (broad SMARTS) is 1. The van der Waals surface area contributed by atoms with Crippen LogP contribution >= 0.6 is 0 Å². The molecule has 1 unspecified atom stereocenters. The third-order valence-corrected chi connectivity index (χ3v) is 2.61. The predicted octanol–water partition coefficient (Wildman–Crippen LogP) is -1.08.